The van der Waals surface area contributed by atoms with Gasteiger partial charge >= 0.3 is 0 Å². The van der Waals surface area contributed by atoms with Gasteiger partial charge in [0.1, 0.15) is 5.75 Å². The van der Waals surface area contributed by atoms with Gasteiger partial charge in [0, 0.05) is 30.2 Å². The van der Waals surface area contributed by atoms with E-state index in [9.17, 15) is 5.11 Å². The Hall–Kier alpha value is -1.06. The second-order valence-corrected chi connectivity index (χ2v) is 5.40. The van der Waals surface area contributed by atoms with Crippen LogP contribution in [0.3, 0.4) is 0 Å². The van der Waals surface area contributed by atoms with Gasteiger partial charge in [-0.05, 0) is 19.9 Å². The Balaban J connectivity index is 2.69. The number of benzene rings is 1. The van der Waals surface area contributed by atoms with Crippen LogP contribution >= 0.6 is 0 Å². The second kappa shape index (κ2) is 6.76. The minimum absolute atomic E-state index is 0.102. The average Bonchev–Trinajstić information content (AvgIpc) is 2.37. The smallest absolute Gasteiger partial charge is 0.124 e. The molecule has 0 aliphatic carbocycles. The lowest BCUT2D eigenvalue weighted by Gasteiger charge is -2.25. The summed E-state index contributed by atoms with van der Waals surface area (Å²) in [5.74, 6) is 0.932. The van der Waals surface area contributed by atoms with Crippen LogP contribution in [-0.4, -0.2) is 24.9 Å². The summed E-state index contributed by atoms with van der Waals surface area (Å²) in [5, 5.41) is 12.7. The van der Waals surface area contributed by atoms with Crippen LogP contribution in [-0.2, 0) is 0 Å². The maximum absolute atomic E-state index is 9.25. The van der Waals surface area contributed by atoms with Crippen LogP contribution in [0.1, 0.15) is 39.3 Å². The first kappa shape index (κ1) is 15.0. The van der Waals surface area contributed by atoms with Gasteiger partial charge in [-0.25, -0.2) is 0 Å². The molecule has 0 spiro atoms. The topological polar surface area (TPSA) is 41.5 Å². The number of ether oxygens (including phenoxy) is 1. The number of aliphatic hydroxyl groups excluding tert-OH is 1. The van der Waals surface area contributed by atoms with Crippen molar-refractivity contribution in [3.63, 3.8) is 0 Å². The van der Waals surface area contributed by atoms with Crippen LogP contribution in [0.4, 0.5) is 0 Å². The highest BCUT2D eigenvalue weighted by Gasteiger charge is 2.18. The molecule has 0 fully saturated rings. The largest absolute Gasteiger partial charge is 0.494 e. The van der Waals surface area contributed by atoms with E-state index in [1.807, 2.05) is 39.0 Å². The van der Waals surface area contributed by atoms with Gasteiger partial charge in [0.25, 0.3) is 0 Å². The highest BCUT2D eigenvalue weighted by Crippen LogP contribution is 2.25. The van der Waals surface area contributed by atoms with Crippen molar-refractivity contribution in [3.05, 3.63) is 29.8 Å². The van der Waals surface area contributed by atoms with Crippen molar-refractivity contribution in [2.45, 2.75) is 33.7 Å². The molecule has 0 aromatic heterocycles. The number of aliphatic hydroxyl groups is 1. The summed E-state index contributed by atoms with van der Waals surface area (Å²) in [4.78, 5) is 0. The molecule has 3 heteroatoms. The van der Waals surface area contributed by atoms with Gasteiger partial charge in [0.2, 0.25) is 0 Å². The minimum atomic E-state index is -0.102. The molecule has 1 unspecified atom stereocenters. The summed E-state index contributed by atoms with van der Waals surface area (Å²) >= 11 is 0. The first-order chi connectivity index (χ1) is 8.50. The molecular weight excluding hydrogens is 226 g/mol. The molecule has 1 aromatic rings. The molecule has 0 bridgehead atoms. The number of para-hydroxylation sites is 1. The molecule has 0 heterocycles. The molecule has 18 heavy (non-hydrogen) atoms. The van der Waals surface area contributed by atoms with E-state index < -0.39 is 0 Å². The Morgan fingerprint density at radius 3 is 2.61 bits per heavy atom. The van der Waals surface area contributed by atoms with Gasteiger partial charge in [-0.15, -0.1) is 0 Å². The van der Waals surface area contributed by atoms with Crippen molar-refractivity contribution in [3.8, 4) is 5.75 Å². The Kier molecular flexibility index (Phi) is 5.63. The predicted molar refractivity (Wildman–Crippen MR) is 74.9 cm³/mol. The third-order valence-electron chi connectivity index (χ3n) is 3.00. The molecule has 1 aromatic carbocycles. The molecule has 0 aliphatic rings. The minimum Gasteiger partial charge on any atom is -0.494 e. The van der Waals surface area contributed by atoms with Gasteiger partial charge in [0.05, 0.1) is 6.61 Å². The van der Waals surface area contributed by atoms with Crippen LogP contribution in [0.2, 0.25) is 0 Å². The standard InChI is InChI=1S/C15H25NO2/c1-5-18-14-9-7-6-8-13(14)12(2)16-10-15(3,4)11-17/h6-9,12,16-17H,5,10-11H2,1-4H3. The van der Waals surface area contributed by atoms with Crippen LogP contribution in [0.25, 0.3) is 0 Å². The van der Waals surface area contributed by atoms with E-state index in [2.05, 4.69) is 18.3 Å². The zero-order chi connectivity index (χ0) is 13.6. The lowest BCUT2D eigenvalue weighted by Crippen LogP contribution is -2.33. The maximum atomic E-state index is 9.25. The van der Waals surface area contributed by atoms with Crippen LogP contribution in [0.5, 0.6) is 5.75 Å². The van der Waals surface area contributed by atoms with E-state index in [-0.39, 0.29) is 18.1 Å². The van der Waals surface area contributed by atoms with Crippen molar-refractivity contribution in [2.24, 2.45) is 5.41 Å². The first-order valence-corrected chi connectivity index (χ1v) is 6.56. The van der Waals surface area contributed by atoms with Crippen molar-refractivity contribution in [1.82, 2.24) is 5.32 Å². The molecule has 102 valence electrons. The maximum Gasteiger partial charge on any atom is 0.124 e. The summed E-state index contributed by atoms with van der Waals surface area (Å²) in [6, 6.07) is 8.29. The van der Waals surface area contributed by atoms with Gasteiger partial charge < -0.3 is 15.2 Å². The molecule has 0 amide bonds. The van der Waals surface area contributed by atoms with Crippen LogP contribution in [0.15, 0.2) is 24.3 Å². The molecule has 1 atom stereocenters. The number of rotatable bonds is 7. The monoisotopic (exact) mass is 251 g/mol. The number of nitrogens with one attached hydrogen (secondary N) is 1. The fourth-order valence-electron chi connectivity index (χ4n) is 1.72. The fraction of sp³-hybridized carbons (Fsp3) is 0.600. The summed E-state index contributed by atoms with van der Waals surface area (Å²) in [6.45, 7) is 9.81. The number of hydrogen-bond donors (Lipinski definition) is 2. The number of hydrogen-bond acceptors (Lipinski definition) is 3. The van der Waals surface area contributed by atoms with E-state index in [1.165, 1.54) is 0 Å². The third kappa shape index (κ3) is 4.31. The summed E-state index contributed by atoms with van der Waals surface area (Å²) in [5.41, 5.74) is 1.06. The molecule has 0 saturated heterocycles. The Morgan fingerprint density at radius 1 is 1.33 bits per heavy atom. The van der Waals surface area contributed by atoms with E-state index >= 15 is 0 Å². The molecule has 1 rings (SSSR count). The summed E-state index contributed by atoms with van der Waals surface area (Å²) < 4.78 is 5.63. The zero-order valence-corrected chi connectivity index (χ0v) is 11.9. The quantitative estimate of drug-likeness (QED) is 0.783. The molecule has 2 N–H and O–H groups in total. The van der Waals surface area contributed by atoms with Crippen molar-refractivity contribution < 1.29 is 9.84 Å². The van der Waals surface area contributed by atoms with Gasteiger partial charge in [0.15, 0.2) is 0 Å². The molecule has 0 radical (unpaired) electrons. The zero-order valence-electron chi connectivity index (χ0n) is 11.9. The van der Waals surface area contributed by atoms with Crippen LogP contribution < -0.4 is 10.1 Å². The molecule has 0 aliphatic heterocycles. The Morgan fingerprint density at radius 2 is 2.00 bits per heavy atom. The van der Waals surface area contributed by atoms with Gasteiger partial charge in [-0.2, -0.15) is 0 Å². The van der Waals surface area contributed by atoms with Gasteiger partial charge in [-0.1, -0.05) is 32.0 Å². The SMILES string of the molecule is CCOc1ccccc1C(C)NCC(C)(C)CO. The first-order valence-electron chi connectivity index (χ1n) is 6.56. The van der Waals surface area contributed by atoms with Crippen LogP contribution in [0, 0.1) is 5.41 Å². The van der Waals surface area contributed by atoms with Crippen molar-refractivity contribution in [2.75, 3.05) is 19.8 Å². The van der Waals surface area contributed by atoms with E-state index in [4.69, 9.17) is 4.74 Å². The Bertz CT molecular complexity index is 363. The van der Waals surface area contributed by atoms with Crippen molar-refractivity contribution >= 4 is 0 Å². The van der Waals surface area contributed by atoms with E-state index in [1.54, 1.807) is 0 Å². The lowest BCUT2D eigenvalue weighted by molar-refractivity contribution is 0.153. The highest BCUT2D eigenvalue weighted by atomic mass is 16.5. The third-order valence-corrected chi connectivity index (χ3v) is 3.00. The summed E-state index contributed by atoms with van der Waals surface area (Å²) in [6.07, 6.45) is 0. The normalized spacial score (nSPS) is 13.4. The molecule has 3 nitrogen and oxygen atoms in total. The second-order valence-electron chi connectivity index (χ2n) is 5.40. The highest BCUT2D eigenvalue weighted by molar-refractivity contribution is 5.35. The van der Waals surface area contributed by atoms with Crippen molar-refractivity contribution in [1.29, 1.82) is 0 Å². The Labute approximate surface area is 110 Å². The van der Waals surface area contributed by atoms with E-state index in [0.29, 0.717) is 6.61 Å². The van der Waals surface area contributed by atoms with E-state index in [0.717, 1.165) is 17.9 Å². The molecular formula is C15H25NO2. The summed E-state index contributed by atoms with van der Waals surface area (Å²) in [7, 11) is 0. The van der Waals surface area contributed by atoms with Gasteiger partial charge in [-0.3, -0.25) is 0 Å². The average molecular weight is 251 g/mol. The molecule has 0 saturated carbocycles. The fourth-order valence-corrected chi connectivity index (χ4v) is 1.72. The lowest BCUT2D eigenvalue weighted by atomic mass is 9.94. The predicted octanol–water partition coefficient (Wildman–Crippen LogP) is 2.75.